The van der Waals surface area contributed by atoms with Gasteiger partial charge in [-0.25, -0.2) is 0 Å². The minimum Gasteiger partial charge on any atom is -0.493 e. The van der Waals surface area contributed by atoms with Crippen LogP contribution in [0.1, 0.15) is 23.6 Å². The lowest BCUT2D eigenvalue weighted by atomic mass is 9.95. The average Bonchev–Trinajstić information content (AvgIpc) is 3.11. The molecule has 1 heterocycles. The molecule has 1 aliphatic carbocycles. The van der Waals surface area contributed by atoms with Crippen molar-refractivity contribution < 1.29 is 34.3 Å². The fourth-order valence-electron chi connectivity index (χ4n) is 4.79. The Morgan fingerprint density at radius 3 is 2.43 bits per heavy atom. The van der Waals surface area contributed by atoms with Crippen LogP contribution in [0, 0.1) is 0 Å². The van der Waals surface area contributed by atoms with Gasteiger partial charge in [0.05, 0.1) is 32.8 Å². The predicted molar refractivity (Wildman–Crippen MR) is 132 cm³/mol. The van der Waals surface area contributed by atoms with E-state index in [4.69, 9.17) is 18.9 Å². The van der Waals surface area contributed by atoms with E-state index in [1.807, 2.05) is 18.4 Å². The van der Waals surface area contributed by atoms with Crippen LogP contribution in [0.4, 0.5) is 0 Å². The van der Waals surface area contributed by atoms with E-state index in [9.17, 15) is 20.1 Å². The third-order valence-corrected chi connectivity index (χ3v) is 7.36. The molecule has 0 aromatic heterocycles. The van der Waals surface area contributed by atoms with Gasteiger partial charge in [0.15, 0.2) is 16.9 Å². The molecule has 5 atom stereocenters. The Morgan fingerprint density at radius 2 is 1.77 bits per heavy atom. The van der Waals surface area contributed by atoms with Crippen LogP contribution in [-0.2, 0) is 11.2 Å². The van der Waals surface area contributed by atoms with E-state index < -0.39 is 30.6 Å². The van der Waals surface area contributed by atoms with Crippen molar-refractivity contribution in [3.05, 3.63) is 45.6 Å². The number of rotatable bonds is 6. The monoisotopic (exact) mass is 505 g/mol. The van der Waals surface area contributed by atoms with Crippen LogP contribution in [0.15, 0.2) is 34.0 Å². The van der Waals surface area contributed by atoms with E-state index in [2.05, 4.69) is 5.32 Å². The van der Waals surface area contributed by atoms with Crippen LogP contribution in [0.5, 0.6) is 17.2 Å². The number of ether oxygens (including phenoxy) is 4. The first kappa shape index (κ1) is 25.7. The van der Waals surface area contributed by atoms with Gasteiger partial charge in [0.1, 0.15) is 24.5 Å². The van der Waals surface area contributed by atoms with Crippen LogP contribution in [0.2, 0.25) is 0 Å². The van der Waals surface area contributed by atoms with Gasteiger partial charge in [-0.05, 0) is 54.0 Å². The highest BCUT2D eigenvalue weighted by Gasteiger charge is 2.39. The molecule has 1 aliphatic heterocycles. The smallest absolute Gasteiger partial charge is 0.203 e. The number of methoxy groups -OCH3 is 3. The number of fused-ring (bicyclic) bond motifs is 3. The van der Waals surface area contributed by atoms with E-state index in [1.54, 1.807) is 33.5 Å². The van der Waals surface area contributed by atoms with Gasteiger partial charge in [-0.2, -0.15) is 0 Å². The summed E-state index contributed by atoms with van der Waals surface area (Å²) in [5.74, 6) is 1.49. The third-order valence-electron chi connectivity index (χ3n) is 6.59. The Kier molecular flexibility index (Phi) is 7.89. The lowest BCUT2D eigenvalue weighted by Gasteiger charge is -2.37. The number of aryl methyl sites for hydroxylation is 1. The van der Waals surface area contributed by atoms with Gasteiger partial charge in [-0.15, -0.1) is 11.8 Å². The molecule has 4 N–H and O–H groups in total. The van der Waals surface area contributed by atoms with Gasteiger partial charge in [-0.3, -0.25) is 10.1 Å². The highest BCUT2D eigenvalue weighted by Crippen LogP contribution is 2.50. The molecule has 2 aromatic rings. The lowest BCUT2D eigenvalue weighted by Crippen LogP contribution is -2.58. The molecule has 9 nitrogen and oxygen atoms in total. The summed E-state index contributed by atoms with van der Waals surface area (Å²) in [7, 11) is 4.67. The second-order valence-electron chi connectivity index (χ2n) is 8.52. The second kappa shape index (κ2) is 10.7. The van der Waals surface area contributed by atoms with Crippen molar-refractivity contribution >= 4 is 11.8 Å². The molecule has 1 fully saturated rings. The van der Waals surface area contributed by atoms with Gasteiger partial charge in [0.2, 0.25) is 5.75 Å². The molecule has 0 spiro atoms. The van der Waals surface area contributed by atoms with Crippen LogP contribution >= 0.6 is 11.8 Å². The molecule has 2 aliphatic rings. The van der Waals surface area contributed by atoms with E-state index in [0.717, 1.165) is 16.7 Å². The van der Waals surface area contributed by atoms with Crippen molar-refractivity contribution in [2.24, 2.45) is 0 Å². The van der Waals surface area contributed by atoms with Gasteiger partial charge < -0.3 is 34.3 Å². The number of aliphatic hydroxyl groups excluding tert-OH is 3. The Morgan fingerprint density at radius 1 is 1.03 bits per heavy atom. The maximum absolute atomic E-state index is 13.0. The van der Waals surface area contributed by atoms with E-state index in [0.29, 0.717) is 40.5 Å². The first-order valence-corrected chi connectivity index (χ1v) is 12.5. The highest BCUT2D eigenvalue weighted by molar-refractivity contribution is 7.98. The lowest BCUT2D eigenvalue weighted by molar-refractivity contribution is -0.197. The zero-order chi connectivity index (χ0) is 25.3. The molecule has 0 amide bonds. The Labute approximate surface area is 208 Å². The van der Waals surface area contributed by atoms with Crippen LogP contribution < -0.4 is 25.0 Å². The summed E-state index contributed by atoms with van der Waals surface area (Å²) in [6.45, 7) is -0.121. The molecule has 35 heavy (non-hydrogen) atoms. The van der Waals surface area contributed by atoms with Gasteiger partial charge in [0, 0.05) is 11.6 Å². The third kappa shape index (κ3) is 4.74. The highest BCUT2D eigenvalue weighted by atomic mass is 32.2. The molecular weight excluding hydrogens is 474 g/mol. The van der Waals surface area contributed by atoms with Crippen LogP contribution in [0.25, 0.3) is 11.1 Å². The van der Waals surface area contributed by atoms with Gasteiger partial charge >= 0.3 is 0 Å². The molecule has 4 rings (SSSR count). The maximum atomic E-state index is 13.0. The van der Waals surface area contributed by atoms with E-state index >= 15 is 0 Å². The molecule has 1 saturated heterocycles. The zero-order valence-corrected chi connectivity index (χ0v) is 20.9. The number of hydrogen-bond acceptors (Lipinski definition) is 10. The Bertz CT molecular complexity index is 1140. The predicted octanol–water partition coefficient (Wildman–Crippen LogP) is 1.48. The second-order valence-corrected chi connectivity index (χ2v) is 9.37. The maximum Gasteiger partial charge on any atom is 0.203 e. The van der Waals surface area contributed by atoms with Crippen molar-refractivity contribution in [3.8, 4) is 28.4 Å². The van der Waals surface area contributed by atoms with Crippen molar-refractivity contribution in [1.82, 2.24) is 5.32 Å². The Balaban J connectivity index is 1.90. The fraction of sp³-hybridized carbons (Fsp3) is 0.480. The molecule has 0 unspecified atom stereocenters. The van der Waals surface area contributed by atoms with E-state index in [1.165, 1.54) is 11.8 Å². The minimum atomic E-state index is -1.35. The summed E-state index contributed by atoms with van der Waals surface area (Å²) < 4.78 is 22.6. The SMILES string of the molecule is COc1cc2c(c(OC)c1OC)-c1ccc(SC)c(=O)cc1[C@H](N[C@H]1OC[C@@H](O)[C@@H](O)[C@H]1O)CC2. The number of benzene rings is 1. The molecule has 2 aromatic carbocycles. The van der Waals surface area contributed by atoms with Gasteiger partial charge in [0.25, 0.3) is 0 Å². The normalized spacial score (nSPS) is 25.7. The zero-order valence-electron chi connectivity index (χ0n) is 20.1. The standard InChI is InChI=1S/C25H31NO8S/c1-31-18-9-12-5-7-15(26-25-22(30)21(29)17(28)11-34-25)14-10-16(27)19(35-4)8-6-13(14)20(12)24(33-3)23(18)32-2/h6,8-10,15,17,21-22,25-26,28-30H,5,7,11H2,1-4H3/t15-,17-,21-,22-,25+/m1/s1. The summed E-state index contributed by atoms with van der Waals surface area (Å²) in [5.41, 5.74) is 3.10. The van der Waals surface area contributed by atoms with Crippen LogP contribution in [-0.4, -0.2) is 74.1 Å². The molecule has 0 bridgehead atoms. The largest absolute Gasteiger partial charge is 0.493 e. The van der Waals surface area contributed by atoms with Crippen molar-refractivity contribution in [2.75, 3.05) is 34.2 Å². The van der Waals surface area contributed by atoms with Crippen molar-refractivity contribution in [3.63, 3.8) is 0 Å². The molecule has 0 radical (unpaired) electrons. The van der Waals surface area contributed by atoms with Crippen molar-refractivity contribution in [2.45, 2.75) is 48.3 Å². The van der Waals surface area contributed by atoms with Crippen LogP contribution in [0.3, 0.4) is 0 Å². The fourth-order valence-corrected chi connectivity index (χ4v) is 5.26. The number of aliphatic hydroxyl groups is 3. The van der Waals surface area contributed by atoms with E-state index in [-0.39, 0.29) is 12.0 Å². The molecule has 190 valence electrons. The first-order chi connectivity index (χ1) is 16.8. The quantitative estimate of drug-likeness (QED) is 0.429. The summed E-state index contributed by atoms with van der Waals surface area (Å²) in [4.78, 5) is 13.6. The molecule has 10 heteroatoms. The summed E-state index contributed by atoms with van der Waals surface area (Å²) in [5, 5.41) is 33.8. The summed E-state index contributed by atoms with van der Waals surface area (Å²) >= 11 is 1.36. The minimum absolute atomic E-state index is 0.121. The summed E-state index contributed by atoms with van der Waals surface area (Å²) in [6, 6.07) is 6.79. The topological polar surface area (TPSA) is 127 Å². The Hall–Kier alpha value is -2.34. The van der Waals surface area contributed by atoms with Crippen molar-refractivity contribution in [1.29, 1.82) is 0 Å². The number of hydrogen-bond donors (Lipinski definition) is 4. The average molecular weight is 506 g/mol. The molecule has 0 saturated carbocycles. The number of nitrogens with one attached hydrogen (secondary N) is 1. The van der Waals surface area contributed by atoms with Gasteiger partial charge in [-0.1, -0.05) is 6.07 Å². The summed E-state index contributed by atoms with van der Waals surface area (Å²) in [6.07, 6.45) is -1.79. The first-order valence-electron chi connectivity index (χ1n) is 11.3. The molecular formula is C25H31NO8S. The number of thioether (sulfide) groups is 1.